The molecule has 24 heavy (non-hydrogen) atoms. The van der Waals surface area contributed by atoms with E-state index in [1.165, 1.54) is 0 Å². The van der Waals surface area contributed by atoms with Gasteiger partial charge in [0.15, 0.2) is 0 Å². The van der Waals surface area contributed by atoms with Crippen LogP contribution < -0.4 is 10.6 Å². The maximum Gasteiger partial charge on any atom is 0.224 e. The van der Waals surface area contributed by atoms with Crippen molar-refractivity contribution in [2.75, 3.05) is 5.32 Å². The molecule has 0 saturated carbocycles. The van der Waals surface area contributed by atoms with Crippen LogP contribution >= 0.6 is 23.2 Å². The van der Waals surface area contributed by atoms with Crippen molar-refractivity contribution < 1.29 is 14.0 Å². The Labute approximate surface area is 150 Å². The molecule has 1 aromatic heterocycles. The van der Waals surface area contributed by atoms with Crippen LogP contribution in [0.4, 0.5) is 5.69 Å². The summed E-state index contributed by atoms with van der Waals surface area (Å²) in [5, 5.41) is 6.14. The average Bonchev–Trinajstić information content (AvgIpc) is 3.03. The molecule has 0 fully saturated rings. The van der Waals surface area contributed by atoms with E-state index in [0.29, 0.717) is 28.0 Å². The highest BCUT2D eigenvalue weighted by molar-refractivity contribution is 6.43. The lowest BCUT2D eigenvalue weighted by Crippen LogP contribution is -2.26. The fraction of sp³-hybridized carbons (Fsp3) is 0.294. The standard InChI is InChI=1S/C17H18Cl2N2O3/c1-11(8-15(22)20-10-12-4-3-7-24-12)9-16(23)21-14-6-2-5-13(18)17(14)19/h2-7,11H,8-10H2,1H3,(H,20,22)(H,21,23). The number of hydrogen-bond acceptors (Lipinski definition) is 3. The van der Waals surface area contributed by atoms with Gasteiger partial charge in [-0.25, -0.2) is 0 Å². The van der Waals surface area contributed by atoms with E-state index in [1.807, 2.05) is 6.92 Å². The van der Waals surface area contributed by atoms with Crippen molar-refractivity contribution in [3.8, 4) is 0 Å². The number of amides is 2. The number of furan rings is 1. The van der Waals surface area contributed by atoms with Gasteiger partial charge in [0, 0.05) is 12.8 Å². The van der Waals surface area contributed by atoms with Gasteiger partial charge in [0.2, 0.25) is 11.8 Å². The molecule has 0 aliphatic carbocycles. The third-order valence-corrected chi connectivity index (χ3v) is 4.15. The second-order valence-corrected chi connectivity index (χ2v) is 6.30. The fourth-order valence-corrected chi connectivity index (χ4v) is 2.53. The predicted molar refractivity (Wildman–Crippen MR) is 94.0 cm³/mol. The molecule has 1 aromatic carbocycles. The van der Waals surface area contributed by atoms with Crippen LogP contribution in [0.1, 0.15) is 25.5 Å². The number of halogens is 2. The fourth-order valence-electron chi connectivity index (χ4n) is 2.18. The molecule has 0 bridgehead atoms. The van der Waals surface area contributed by atoms with Gasteiger partial charge in [-0.1, -0.05) is 36.2 Å². The van der Waals surface area contributed by atoms with Gasteiger partial charge in [0.25, 0.3) is 0 Å². The zero-order valence-corrected chi connectivity index (χ0v) is 14.7. The molecule has 5 nitrogen and oxygen atoms in total. The highest BCUT2D eigenvalue weighted by atomic mass is 35.5. The molecule has 2 aromatic rings. The van der Waals surface area contributed by atoms with Crippen molar-refractivity contribution in [2.24, 2.45) is 5.92 Å². The zero-order chi connectivity index (χ0) is 17.5. The highest BCUT2D eigenvalue weighted by Crippen LogP contribution is 2.29. The summed E-state index contributed by atoms with van der Waals surface area (Å²) in [6, 6.07) is 8.56. The third kappa shape index (κ3) is 5.58. The Morgan fingerprint density at radius 2 is 1.88 bits per heavy atom. The molecule has 0 spiro atoms. The first-order valence-corrected chi connectivity index (χ1v) is 8.24. The Bertz CT molecular complexity index is 702. The Hall–Kier alpha value is -1.98. The van der Waals surface area contributed by atoms with E-state index in [-0.39, 0.29) is 30.6 Å². The molecule has 0 aliphatic heterocycles. The summed E-state index contributed by atoms with van der Waals surface area (Å²) in [6.45, 7) is 2.18. The summed E-state index contributed by atoms with van der Waals surface area (Å²) in [5.41, 5.74) is 0.462. The smallest absolute Gasteiger partial charge is 0.224 e. The molecule has 2 N–H and O–H groups in total. The second kappa shape index (κ2) is 8.76. The maximum atomic E-state index is 12.1. The van der Waals surface area contributed by atoms with Crippen LogP contribution in [0.2, 0.25) is 10.0 Å². The van der Waals surface area contributed by atoms with Crippen molar-refractivity contribution in [2.45, 2.75) is 26.3 Å². The molecular weight excluding hydrogens is 351 g/mol. The van der Waals surface area contributed by atoms with Crippen molar-refractivity contribution >= 4 is 40.7 Å². The number of anilines is 1. The van der Waals surface area contributed by atoms with Gasteiger partial charge < -0.3 is 15.1 Å². The minimum atomic E-state index is -0.217. The van der Waals surface area contributed by atoms with Crippen LogP contribution in [0.15, 0.2) is 41.0 Å². The Balaban J connectivity index is 1.76. The lowest BCUT2D eigenvalue weighted by Gasteiger charge is -2.12. The number of rotatable bonds is 7. The summed E-state index contributed by atoms with van der Waals surface area (Å²) in [4.78, 5) is 23.9. The molecule has 0 aliphatic rings. The largest absolute Gasteiger partial charge is 0.467 e. The van der Waals surface area contributed by atoms with E-state index in [0.717, 1.165) is 0 Å². The Kier molecular flexibility index (Phi) is 6.70. The quantitative estimate of drug-likeness (QED) is 0.766. The van der Waals surface area contributed by atoms with Crippen LogP contribution in [-0.4, -0.2) is 11.8 Å². The van der Waals surface area contributed by atoms with E-state index in [2.05, 4.69) is 10.6 Å². The highest BCUT2D eigenvalue weighted by Gasteiger charge is 2.15. The SMILES string of the molecule is CC(CC(=O)NCc1ccco1)CC(=O)Nc1cccc(Cl)c1Cl. The molecule has 2 rings (SSSR count). The van der Waals surface area contributed by atoms with Gasteiger partial charge in [0.05, 0.1) is 28.5 Å². The summed E-state index contributed by atoms with van der Waals surface area (Å²) < 4.78 is 5.14. The lowest BCUT2D eigenvalue weighted by atomic mass is 10.0. The number of nitrogens with one attached hydrogen (secondary N) is 2. The van der Waals surface area contributed by atoms with Crippen LogP contribution in [-0.2, 0) is 16.1 Å². The molecule has 7 heteroatoms. The van der Waals surface area contributed by atoms with Crippen LogP contribution in [0, 0.1) is 5.92 Å². The average molecular weight is 369 g/mol. The van der Waals surface area contributed by atoms with Gasteiger partial charge >= 0.3 is 0 Å². The van der Waals surface area contributed by atoms with E-state index in [1.54, 1.807) is 36.6 Å². The lowest BCUT2D eigenvalue weighted by molar-refractivity contribution is -0.122. The zero-order valence-electron chi connectivity index (χ0n) is 13.1. The molecule has 1 unspecified atom stereocenters. The first kappa shape index (κ1) is 18.4. The maximum absolute atomic E-state index is 12.1. The van der Waals surface area contributed by atoms with E-state index in [9.17, 15) is 9.59 Å². The van der Waals surface area contributed by atoms with Crippen molar-refractivity contribution in [3.63, 3.8) is 0 Å². The second-order valence-electron chi connectivity index (χ2n) is 5.52. The van der Waals surface area contributed by atoms with Crippen molar-refractivity contribution in [3.05, 3.63) is 52.4 Å². The predicted octanol–water partition coefficient (Wildman–Crippen LogP) is 4.26. The molecule has 0 saturated heterocycles. The molecule has 1 heterocycles. The van der Waals surface area contributed by atoms with Gasteiger partial charge in [0.1, 0.15) is 5.76 Å². The monoisotopic (exact) mass is 368 g/mol. The minimum absolute atomic E-state index is 0.112. The molecule has 0 radical (unpaired) electrons. The van der Waals surface area contributed by atoms with Crippen LogP contribution in [0.3, 0.4) is 0 Å². The number of benzene rings is 1. The van der Waals surface area contributed by atoms with Crippen molar-refractivity contribution in [1.29, 1.82) is 0 Å². The van der Waals surface area contributed by atoms with Crippen LogP contribution in [0.5, 0.6) is 0 Å². The van der Waals surface area contributed by atoms with Gasteiger partial charge in [-0.15, -0.1) is 0 Å². The summed E-state index contributed by atoms with van der Waals surface area (Å²) >= 11 is 11.9. The summed E-state index contributed by atoms with van der Waals surface area (Å²) in [6.07, 6.45) is 2.00. The minimum Gasteiger partial charge on any atom is -0.467 e. The van der Waals surface area contributed by atoms with Gasteiger partial charge in [-0.2, -0.15) is 0 Å². The topological polar surface area (TPSA) is 71.3 Å². The molecule has 128 valence electrons. The number of carbonyl (C=O) groups is 2. The molecular formula is C17H18Cl2N2O3. The van der Waals surface area contributed by atoms with E-state index in [4.69, 9.17) is 27.6 Å². The Morgan fingerprint density at radius 1 is 1.12 bits per heavy atom. The third-order valence-electron chi connectivity index (χ3n) is 3.33. The normalized spacial score (nSPS) is 11.8. The van der Waals surface area contributed by atoms with Gasteiger partial charge in [-0.05, 0) is 30.2 Å². The number of hydrogen-bond donors (Lipinski definition) is 2. The number of carbonyl (C=O) groups excluding carboxylic acids is 2. The summed E-state index contributed by atoms with van der Waals surface area (Å²) in [5.74, 6) is 0.224. The Morgan fingerprint density at radius 3 is 2.58 bits per heavy atom. The summed E-state index contributed by atoms with van der Waals surface area (Å²) in [7, 11) is 0. The van der Waals surface area contributed by atoms with E-state index >= 15 is 0 Å². The van der Waals surface area contributed by atoms with Crippen molar-refractivity contribution in [1.82, 2.24) is 5.32 Å². The van der Waals surface area contributed by atoms with Gasteiger partial charge in [-0.3, -0.25) is 9.59 Å². The van der Waals surface area contributed by atoms with Crippen LogP contribution in [0.25, 0.3) is 0 Å². The van der Waals surface area contributed by atoms with E-state index < -0.39 is 0 Å². The molecule has 1 atom stereocenters. The first-order chi connectivity index (χ1) is 11.5. The first-order valence-electron chi connectivity index (χ1n) is 7.48. The molecule has 2 amide bonds.